The molecule has 3 aromatic carbocycles. The zero-order valence-electron chi connectivity index (χ0n) is 17.9. The van der Waals surface area contributed by atoms with Gasteiger partial charge in [0.1, 0.15) is 36.4 Å². The molecule has 2 heterocycles. The lowest BCUT2D eigenvalue weighted by molar-refractivity contribution is 0.290. The molecule has 0 atom stereocenters. The van der Waals surface area contributed by atoms with Gasteiger partial charge < -0.3 is 20.1 Å². The van der Waals surface area contributed by atoms with E-state index < -0.39 is 0 Å². The van der Waals surface area contributed by atoms with E-state index in [1.165, 1.54) is 0 Å². The van der Waals surface area contributed by atoms with Gasteiger partial charge in [-0.2, -0.15) is 0 Å². The average Bonchev–Trinajstić information content (AvgIpc) is 3.57. The minimum atomic E-state index is 0.503. The van der Waals surface area contributed by atoms with Crippen molar-refractivity contribution >= 4 is 11.7 Å². The molecule has 2 aliphatic heterocycles. The number of amidine groups is 2. The van der Waals surface area contributed by atoms with Gasteiger partial charge in [-0.3, -0.25) is 9.98 Å². The Labute approximate surface area is 188 Å². The Bertz CT molecular complexity index is 1030. The van der Waals surface area contributed by atoms with E-state index in [9.17, 15) is 0 Å². The highest BCUT2D eigenvalue weighted by molar-refractivity contribution is 6.00. The maximum atomic E-state index is 5.98. The summed E-state index contributed by atoms with van der Waals surface area (Å²) >= 11 is 0. The van der Waals surface area contributed by atoms with Crippen LogP contribution in [0, 0.1) is 0 Å². The lowest BCUT2D eigenvalue weighted by Gasteiger charge is -2.11. The Kier molecular flexibility index (Phi) is 6.01. The summed E-state index contributed by atoms with van der Waals surface area (Å²) in [5.41, 5.74) is 4.45. The molecule has 2 N–H and O–H groups in total. The second-order valence-corrected chi connectivity index (χ2v) is 7.76. The number of benzene rings is 3. The Morgan fingerprint density at radius 1 is 0.625 bits per heavy atom. The predicted molar refractivity (Wildman–Crippen MR) is 127 cm³/mol. The first-order valence-electron chi connectivity index (χ1n) is 10.9. The molecule has 0 radical (unpaired) electrons. The summed E-state index contributed by atoms with van der Waals surface area (Å²) in [5.74, 6) is 3.52. The maximum Gasteiger partial charge on any atom is 0.128 e. The van der Waals surface area contributed by atoms with E-state index >= 15 is 0 Å². The van der Waals surface area contributed by atoms with Crippen LogP contribution >= 0.6 is 0 Å². The van der Waals surface area contributed by atoms with Crippen LogP contribution in [0.5, 0.6) is 11.5 Å². The van der Waals surface area contributed by atoms with Crippen molar-refractivity contribution in [3.63, 3.8) is 0 Å². The molecule has 0 saturated carbocycles. The molecule has 162 valence electrons. The molecule has 32 heavy (non-hydrogen) atoms. The fourth-order valence-corrected chi connectivity index (χ4v) is 3.69. The van der Waals surface area contributed by atoms with Gasteiger partial charge in [-0.05, 0) is 23.3 Å². The highest BCUT2D eigenvalue weighted by Crippen LogP contribution is 2.22. The van der Waals surface area contributed by atoms with E-state index in [0.717, 1.165) is 71.6 Å². The van der Waals surface area contributed by atoms with Crippen LogP contribution < -0.4 is 20.1 Å². The van der Waals surface area contributed by atoms with Gasteiger partial charge in [-0.15, -0.1) is 0 Å². The van der Waals surface area contributed by atoms with Gasteiger partial charge in [0.05, 0.1) is 13.1 Å². The molecule has 0 aliphatic carbocycles. The van der Waals surface area contributed by atoms with E-state index in [-0.39, 0.29) is 0 Å². The molecule has 0 fully saturated rings. The van der Waals surface area contributed by atoms with E-state index in [1.54, 1.807) is 0 Å². The third-order valence-electron chi connectivity index (χ3n) is 5.42. The molecule has 6 nitrogen and oxygen atoms in total. The maximum absolute atomic E-state index is 5.98. The quantitative estimate of drug-likeness (QED) is 0.578. The summed E-state index contributed by atoms with van der Waals surface area (Å²) in [6.45, 7) is 4.52. The monoisotopic (exact) mass is 426 g/mol. The standard InChI is InChI=1S/C26H26N4O2/c1-2-23(31-17-19-4-8-21(9-5-19)25-27-12-13-28-25)16-24(3-1)32-18-20-6-10-22(11-7-20)26-29-14-15-30-26/h1-11,16H,12-15,17-18H2,(H,27,28)(H,29,30). The van der Waals surface area contributed by atoms with Crippen LogP contribution in [0.15, 0.2) is 82.8 Å². The van der Waals surface area contributed by atoms with Crippen LogP contribution in [0.25, 0.3) is 0 Å². The smallest absolute Gasteiger partial charge is 0.128 e. The van der Waals surface area contributed by atoms with Crippen LogP contribution in [0.3, 0.4) is 0 Å². The van der Waals surface area contributed by atoms with Gasteiger partial charge in [0.15, 0.2) is 0 Å². The number of hydrogen-bond donors (Lipinski definition) is 2. The second-order valence-electron chi connectivity index (χ2n) is 7.76. The third kappa shape index (κ3) is 4.91. The topological polar surface area (TPSA) is 67.2 Å². The summed E-state index contributed by atoms with van der Waals surface area (Å²) < 4.78 is 12.0. The molecule has 6 heteroatoms. The molecule has 0 amide bonds. The largest absolute Gasteiger partial charge is 0.489 e. The van der Waals surface area contributed by atoms with Crippen LogP contribution in [0.1, 0.15) is 22.3 Å². The minimum Gasteiger partial charge on any atom is -0.489 e. The predicted octanol–water partition coefficient (Wildman–Crippen LogP) is 3.54. The fourth-order valence-electron chi connectivity index (χ4n) is 3.69. The van der Waals surface area contributed by atoms with Gasteiger partial charge in [-0.1, -0.05) is 54.6 Å². The van der Waals surface area contributed by atoms with Crippen molar-refractivity contribution in [2.24, 2.45) is 9.98 Å². The molecule has 0 aromatic heterocycles. The van der Waals surface area contributed by atoms with Gasteiger partial charge >= 0.3 is 0 Å². The lowest BCUT2D eigenvalue weighted by Crippen LogP contribution is -2.19. The van der Waals surface area contributed by atoms with Crippen LogP contribution in [0.2, 0.25) is 0 Å². The lowest BCUT2D eigenvalue weighted by atomic mass is 10.1. The van der Waals surface area contributed by atoms with Crippen molar-refractivity contribution in [3.05, 3.63) is 95.1 Å². The number of ether oxygens (including phenoxy) is 2. The molecular formula is C26H26N4O2. The summed E-state index contributed by atoms with van der Waals surface area (Å²) in [7, 11) is 0. The van der Waals surface area contributed by atoms with Gasteiger partial charge in [0.2, 0.25) is 0 Å². The minimum absolute atomic E-state index is 0.503. The Morgan fingerprint density at radius 2 is 1.09 bits per heavy atom. The summed E-state index contributed by atoms with van der Waals surface area (Å²) in [6, 6.07) is 24.4. The number of rotatable bonds is 8. The van der Waals surface area contributed by atoms with Gasteiger partial charge in [0.25, 0.3) is 0 Å². The van der Waals surface area contributed by atoms with E-state index in [1.807, 2.05) is 24.3 Å². The van der Waals surface area contributed by atoms with Gasteiger partial charge in [0, 0.05) is 30.3 Å². The van der Waals surface area contributed by atoms with Crippen molar-refractivity contribution in [1.29, 1.82) is 0 Å². The van der Waals surface area contributed by atoms with Crippen molar-refractivity contribution in [2.75, 3.05) is 26.2 Å². The van der Waals surface area contributed by atoms with Crippen LogP contribution in [-0.4, -0.2) is 37.9 Å². The summed E-state index contributed by atoms with van der Waals surface area (Å²) in [6.07, 6.45) is 0. The molecule has 0 spiro atoms. The zero-order valence-corrected chi connectivity index (χ0v) is 17.9. The van der Waals surface area contributed by atoms with Crippen molar-refractivity contribution in [1.82, 2.24) is 10.6 Å². The number of hydrogen-bond acceptors (Lipinski definition) is 6. The Hall–Kier alpha value is -3.80. The highest BCUT2D eigenvalue weighted by Gasteiger charge is 2.09. The van der Waals surface area contributed by atoms with E-state index in [2.05, 4.69) is 69.1 Å². The van der Waals surface area contributed by atoms with E-state index in [4.69, 9.17) is 9.47 Å². The van der Waals surface area contributed by atoms with Crippen molar-refractivity contribution < 1.29 is 9.47 Å². The molecule has 5 rings (SSSR count). The van der Waals surface area contributed by atoms with Crippen LogP contribution in [0.4, 0.5) is 0 Å². The molecule has 0 saturated heterocycles. The third-order valence-corrected chi connectivity index (χ3v) is 5.42. The molecule has 2 aliphatic rings. The zero-order chi connectivity index (χ0) is 21.6. The molecule has 0 bridgehead atoms. The number of nitrogens with zero attached hydrogens (tertiary/aromatic N) is 2. The first kappa shape index (κ1) is 20.1. The van der Waals surface area contributed by atoms with Gasteiger partial charge in [-0.25, -0.2) is 0 Å². The first-order valence-corrected chi connectivity index (χ1v) is 10.9. The SMILES string of the molecule is c1cc(OCc2ccc(C3=NCCN3)cc2)cc(OCc2ccc(C3=NCCN3)cc2)c1. The molecule has 0 unspecified atom stereocenters. The summed E-state index contributed by atoms with van der Waals surface area (Å²) in [5, 5.41) is 6.58. The van der Waals surface area contributed by atoms with Crippen molar-refractivity contribution in [3.8, 4) is 11.5 Å². The molecular weight excluding hydrogens is 400 g/mol. The number of nitrogens with one attached hydrogen (secondary N) is 2. The first-order chi connectivity index (χ1) is 15.8. The fraction of sp³-hybridized carbons (Fsp3) is 0.231. The summed E-state index contributed by atoms with van der Waals surface area (Å²) in [4.78, 5) is 8.91. The average molecular weight is 427 g/mol. The van der Waals surface area contributed by atoms with Crippen LogP contribution in [-0.2, 0) is 13.2 Å². The normalized spacial score (nSPS) is 14.9. The second kappa shape index (κ2) is 9.56. The highest BCUT2D eigenvalue weighted by atomic mass is 16.5. The molecule has 3 aromatic rings. The number of aliphatic imine (C=N–C) groups is 2. The Balaban J connectivity index is 1.14. The Morgan fingerprint density at radius 3 is 1.50 bits per heavy atom. The van der Waals surface area contributed by atoms with Crippen molar-refractivity contribution in [2.45, 2.75) is 13.2 Å². The van der Waals surface area contributed by atoms with E-state index in [0.29, 0.717) is 13.2 Å².